The molecule has 1 amide bonds. The van der Waals surface area contributed by atoms with E-state index in [1.54, 1.807) is 0 Å². The van der Waals surface area contributed by atoms with Crippen molar-refractivity contribution in [1.82, 2.24) is 5.32 Å². The first-order valence-corrected chi connectivity index (χ1v) is 7.87. The van der Waals surface area contributed by atoms with E-state index in [0.717, 1.165) is 25.0 Å². The highest BCUT2D eigenvalue weighted by Crippen LogP contribution is 2.15. The van der Waals surface area contributed by atoms with Gasteiger partial charge in [-0.1, -0.05) is 13.8 Å². The SMILES string of the molecule is CC(C)CCCNC(=O)c1ccc(F)c(S(N)(=O)=O)c1. The Morgan fingerprint density at radius 1 is 1.40 bits per heavy atom. The molecule has 1 aromatic rings. The van der Waals surface area contributed by atoms with Gasteiger partial charge in [0.15, 0.2) is 0 Å². The van der Waals surface area contributed by atoms with Crippen LogP contribution in [0.1, 0.15) is 37.0 Å². The van der Waals surface area contributed by atoms with Gasteiger partial charge in [-0.2, -0.15) is 0 Å². The zero-order chi connectivity index (χ0) is 15.3. The number of nitrogens with one attached hydrogen (secondary N) is 1. The molecule has 0 unspecified atom stereocenters. The van der Waals surface area contributed by atoms with Crippen molar-refractivity contribution in [1.29, 1.82) is 0 Å². The first-order valence-electron chi connectivity index (χ1n) is 6.32. The molecule has 3 N–H and O–H groups in total. The molecule has 20 heavy (non-hydrogen) atoms. The summed E-state index contributed by atoms with van der Waals surface area (Å²) in [5.74, 6) is -0.866. The summed E-state index contributed by atoms with van der Waals surface area (Å²) in [7, 11) is -4.18. The number of nitrogens with two attached hydrogens (primary N) is 1. The summed E-state index contributed by atoms with van der Waals surface area (Å²) in [6.45, 7) is 4.65. The average Bonchev–Trinajstić information content (AvgIpc) is 2.33. The first kappa shape index (κ1) is 16.6. The van der Waals surface area contributed by atoms with Crippen molar-refractivity contribution in [3.05, 3.63) is 29.6 Å². The number of benzene rings is 1. The van der Waals surface area contributed by atoms with Gasteiger partial charge in [0.05, 0.1) is 0 Å². The van der Waals surface area contributed by atoms with Gasteiger partial charge in [-0.3, -0.25) is 4.79 Å². The lowest BCUT2D eigenvalue weighted by Gasteiger charge is -2.08. The zero-order valence-electron chi connectivity index (χ0n) is 11.5. The Hall–Kier alpha value is -1.47. The third-order valence-corrected chi connectivity index (χ3v) is 3.67. The molecule has 0 fully saturated rings. The first-order chi connectivity index (χ1) is 9.21. The molecule has 0 aliphatic heterocycles. The van der Waals surface area contributed by atoms with E-state index in [4.69, 9.17) is 5.14 Å². The third kappa shape index (κ3) is 4.90. The molecule has 5 nitrogen and oxygen atoms in total. The standard InChI is InChI=1S/C13H19FN2O3S/c1-9(2)4-3-7-16-13(17)10-5-6-11(14)12(8-10)20(15,18)19/h5-6,8-9H,3-4,7H2,1-2H3,(H,16,17)(H2,15,18,19). The lowest BCUT2D eigenvalue weighted by atomic mass is 10.1. The number of hydrogen-bond donors (Lipinski definition) is 2. The lowest BCUT2D eigenvalue weighted by Crippen LogP contribution is -2.25. The van der Waals surface area contributed by atoms with Crippen LogP contribution in [0.3, 0.4) is 0 Å². The maximum atomic E-state index is 13.3. The minimum Gasteiger partial charge on any atom is -0.352 e. The maximum absolute atomic E-state index is 13.3. The van der Waals surface area contributed by atoms with Crippen molar-refractivity contribution in [2.75, 3.05) is 6.54 Å². The van der Waals surface area contributed by atoms with Crippen molar-refractivity contribution in [2.45, 2.75) is 31.6 Å². The third-order valence-electron chi connectivity index (χ3n) is 2.74. The number of primary sulfonamides is 1. The van der Waals surface area contributed by atoms with Crippen LogP contribution in [0.15, 0.2) is 23.1 Å². The van der Waals surface area contributed by atoms with Crippen molar-refractivity contribution in [2.24, 2.45) is 11.1 Å². The van der Waals surface area contributed by atoms with Crippen LogP contribution in [-0.2, 0) is 10.0 Å². The molecule has 1 rings (SSSR count). The predicted octanol–water partition coefficient (Wildman–Crippen LogP) is 1.64. The van der Waals surface area contributed by atoms with Crippen LogP contribution in [0.4, 0.5) is 4.39 Å². The Labute approximate surface area is 118 Å². The maximum Gasteiger partial charge on any atom is 0.251 e. The zero-order valence-corrected chi connectivity index (χ0v) is 12.3. The van der Waals surface area contributed by atoms with Gasteiger partial charge >= 0.3 is 0 Å². The van der Waals surface area contributed by atoms with Gasteiger partial charge in [-0.15, -0.1) is 0 Å². The van der Waals surface area contributed by atoms with Crippen LogP contribution in [-0.4, -0.2) is 20.9 Å². The van der Waals surface area contributed by atoms with E-state index in [1.807, 2.05) is 0 Å². The molecule has 0 saturated heterocycles. The van der Waals surface area contributed by atoms with Gasteiger partial charge in [0, 0.05) is 12.1 Å². The van der Waals surface area contributed by atoms with Crippen LogP contribution in [0.5, 0.6) is 0 Å². The minimum absolute atomic E-state index is 0.0694. The van der Waals surface area contributed by atoms with Gasteiger partial charge in [0.1, 0.15) is 10.7 Å². The second-order valence-corrected chi connectivity index (χ2v) is 6.51. The second-order valence-electron chi connectivity index (χ2n) is 4.98. The van der Waals surface area contributed by atoms with Crippen molar-refractivity contribution in [3.8, 4) is 0 Å². The van der Waals surface area contributed by atoms with E-state index in [9.17, 15) is 17.6 Å². The molecular weight excluding hydrogens is 283 g/mol. The number of halogens is 1. The molecular formula is C13H19FN2O3S. The van der Waals surface area contributed by atoms with Crippen LogP contribution in [0.25, 0.3) is 0 Å². The van der Waals surface area contributed by atoms with E-state index in [1.165, 1.54) is 6.07 Å². The molecule has 0 bridgehead atoms. The van der Waals surface area contributed by atoms with Gasteiger partial charge in [-0.25, -0.2) is 17.9 Å². The quantitative estimate of drug-likeness (QED) is 0.783. The Morgan fingerprint density at radius 3 is 2.60 bits per heavy atom. The number of hydrogen-bond acceptors (Lipinski definition) is 3. The number of carbonyl (C=O) groups excluding carboxylic acids is 1. The van der Waals surface area contributed by atoms with Gasteiger partial charge in [0.2, 0.25) is 10.0 Å². The Bertz CT molecular complexity index is 585. The topological polar surface area (TPSA) is 89.3 Å². The number of carbonyl (C=O) groups is 1. The molecule has 0 atom stereocenters. The number of rotatable bonds is 6. The summed E-state index contributed by atoms with van der Waals surface area (Å²) >= 11 is 0. The number of amides is 1. The largest absolute Gasteiger partial charge is 0.352 e. The molecule has 0 saturated carbocycles. The Morgan fingerprint density at radius 2 is 2.05 bits per heavy atom. The summed E-state index contributed by atoms with van der Waals surface area (Å²) in [6, 6.07) is 3.09. The van der Waals surface area contributed by atoms with Crippen molar-refractivity contribution >= 4 is 15.9 Å². The highest BCUT2D eigenvalue weighted by molar-refractivity contribution is 7.89. The number of sulfonamides is 1. The van der Waals surface area contributed by atoms with E-state index < -0.39 is 26.6 Å². The van der Waals surface area contributed by atoms with Gasteiger partial charge < -0.3 is 5.32 Å². The van der Waals surface area contributed by atoms with E-state index in [2.05, 4.69) is 19.2 Å². The Balaban J connectivity index is 2.75. The highest BCUT2D eigenvalue weighted by Gasteiger charge is 2.17. The smallest absolute Gasteiger partial charge is 0.251 e. The van der Waals surface area contributed by atoms with E-state index >= 15 is 0 Å². The monoisotopic (exact) mass is 302 g/mol. The molecule has 0 aromatic heterocycles. The van der Waals surface area contributed by atoms with E-state index in [-0.39, 0.29) is 5.56 Å². The molecule has 0 spiro atoms. The van der Waals surface area contributed by atoms with Crippen molar-refractivity contribution < 1.29 is 17.6 Å². The van der Waals surface area contributed by atoms with Gasteiger partial charge in [0.25, 0.3) is 5.91 Å². The highest BCUT2D eigenvalue weighted by atomic mass is 32.2. The van der Waals surface area contributed by atoms with E-state index in [0.29, 0.717) is 12.5 Å². The molecule has 0 aliphatic rings. The normalized spacial score (nSPS) is 11.7. The summed E-state index contributed by atoms with van der Waals surface area (Å²) in [5, 5.41) is 7.54. The Kier molecular flexibility index (Phi) is 5.64. The van der Waals surface area contributed by atoms with Crippen LogP contribution >= 0.6 is 0 Å². The lowest BCUT2D eigenvalue weighted by molar-refractivity contribution is 0.0952. The van der Waals surface area contributed by atoms with Gasteiger partial charge in [-0.05, 0) is 37.0 Å². The second kappa shape index (κ2) is 6.81. The molecule has 112 valence electrons. The summed E-state index contributed by atoms with van der Waals surface area (Å²) in [6.07, 6.45) is 1.80. The van der Waals surface area contributed by atoms with Crippen LogP contribution < -0.4 is 10.5 Å². The fourth-order valence-corrected chi connectivity index (χ4v) is 2.31. The predicted molar refractivity (Wildman–Crippen MR) is 74.2 cm³/mol. The fraction of sp³-hybridized carbons (Fsp3) is 0.462. The summed E-state index contributed by atoms with van der Waals surface area (Å²) in [4.78, 5) is 11.1. The molecule has 7 heteroatoms. The van der Waals surface area contributed by atoms with Crippen LogP contribution in [0, 0.1) is 11.7 Å². The minimum atomic E-state index is -4.18. The summed E-state index contributed by atoms with van der Waals surface area (Å²) in [5.41, 5.74) is 0.0694. The average molecular weight is 302 g/mol. The van der Waals surface area contributed by atoms with Crippen LogP contribution in [0.2, 0.25) is 0 Å². The molecule has 1 aromatic carbocycles. The fourth-order valence-electron chi connectivity index (χ4n) is 1.68. The molecule has 0 aliphatic carbocycles. The molecule has 0 heterocycles. The summed E-state index contributed by atoms with van der Waals surface area (Å²) < 4.78 is 35.7. The van der Waals surface area contributed by atoms with Crippen molar-refractivity contribution in [3.63, 3.8) is 0 Å². The molecule has 0 radical (unpaired) electrons.